The number of carbonyl (C=O) groups excluding carboxylic acids is 1. The number of hydrogen-bond acceptors (Lipinski definition) is 5. The third-order valence-electron chi connectivity index (χ3n) is 4.25. The zero-order valence-electron chi connectivity index (χ0n) is 15.1. The molecule has 136 valence electrons. The molecule has 0 fully saturated rings. The quantitative estimate of drug-likeness (QED) is 0.762. The molecule has 2 N–H and O–H groups in total. The molecule has 0 bridgehead atoms. The summed E-state index contributed by atoms with van der Waals surface area (Å²) < 4.78 is 2.73. The lowest BCUT2D eigenvalue weighted by atomic mass is 10.00. The zero-order valence-corrected chi connectivity index (χ0v) is 15.1. The van der Waals surface area contributed by atoms with Crippen molar-refractivity contribution in [3.63, 3.8) is 0 Å². The van der Waals surface area contributed by atoms with Crippen molar-refractivity contribution in [3.8, 4) is 5.82 Å². The number of rotatable bonds is 7. The van der Waals surface area contributed by atoms with E-state index in [2.05, 4.69) is 15.5 Å². The van der Waals surface area contributed by atoms with E-state index in [1.807, 2.05) is 33.8 Å². The second-order valence-electron chi connectivity index (χ2n) is 6.27. The Labute approximate surface area is 146 Å². The Kier molecular flexibility index (Phi) is 6.08. The third kappa shape index (κ3) is 4.54. The van der Waals surface area contributed by atoms with Gasteiger partial charge in [-0.1, -0.05) is 20.3 Å². The topological polar surface area (TPSA) is 102 Å². The zero-order chi connectivity index (χ0) is 18.6. The molecule has 8 nitrogen and oxygen atoms in total. The average molecular weight is 347 g/mol. The van der Waals surface area contributed by atoms with Gasteiger partial charge in [-0.05, 0) is 31.9 Å². The van der Waals surface area contributed by atoms with Crippen LogP contribution in [0.1, 0.15) is 31.7 Å². The van der Waals surface area contributed by atoms with Crippen LogP contribution in [0.3, 0.4) is 0 Å². The van der Waals surface area contributed by atoms with Gasteiger partial charge in [-0.2, -0.15) is 5.10 Å². The van der Waals surface area contributed by atoms with Crippen molar-refractivity contribution < 1.29 is 9.90 Å². The Balaban J connectivity index is 2.19. The fourth-order valence-corrected chi connectivity index (χ4v) is 2.57. The minimum Gasteiger partial charge on any atom is -0.394 e. The van der Waals surface area contributed by atoms with Crippen molar-refractivity contribution in [2.75, 3.05) is 6.61 Å². The van der Waals surface area contributed by atoms with Gasteiger partial charge in [0, 0.05) is 11.8 Å². The summed E-state index contributed by atoms with van der Waals surface area (Å²) in [6.45, 7) is 7.35. The van der Waals surface area contributed by atoms with Gasteiger partial charge < -0.3 is 10.4 Å². The van der Waals surface area contributed by atoms with Gasteiger partial charge >= 0.3 is 0 Å². The highest BCUT2D eigenvalue weighted by atomic mass is 16.3. The van der Waals surface area contributed by atoms with Crippen molar-refractivity contribution >= 4 is 5.91 Å². The fraction of sp³-hybridized carbons (Fsp3) is 0.529. The first-order chi connectivity index (χ1) is 11.8. The summed E-state index contributed by atoms with van der Waals surface area (Å²) in [7, 11) is 0. The van der Waals surface area contributed by atoms with Gasteiger partial charge in [0.25, 0.3) is 5.56 Å². The second-order valence-corrected chi connectivity index (χ2v) is 6.27. The Morgan fingerprint density at radius 2 is 2.04 bits per heavy atom. The van der Waals surface area contributed by atoms with E-state index in [0.717, 1.165) is 22.5 Å². The van der Waals surface area contributed by atoms with Crippen molar-refractivity contribution in [1.29, 1.82) is 0 Å². The van der Waals surface area contributed by atoms with Crippen LogP contribution in [0.5, 0.6) is 0 Å². The van der Waals surface area contributed by atoms with Crippen LogP contribution in [-0.2, 0) is 11.3 Å². The number of aliphatic hydroxyl groups is 1. The highest BCUT2D eigenvalue weighted by Gasteiger charge is 2.18. The summed E-state index contributed by atoms with van der Waals surface area (Å²) in [4.78, 5) is 24.2. The molecule has 0 unspecified atom stereocenters. The molecular formula is C17H25N5O3. The Hall–Kier alpha value is -2.48. The van der Waals surface area contributed by atoms with Gasteiger partial charge in [0.2, 0.25) is 5.91 Å². The standard InChI is InChI=1S/C17H25N5O3/c1-5-11(2)14(10-23)18-16(24)9-21-17(25)7-6-15(20-21)22-13(4)8-12(3)19-22/h6-8,11,14,23H,5,9-10H2,1-4H3,(H,18,24)/t11-,14-/m1/s1. The van der Waals surface area contributed by atoms with E-state index in [-0.39, 0.29) is 36.6 Å². The molecular weight excluding hydrogens is 322 g/mol. The molecule has 0 saturated heterocycles. The number of aryl methyl sites for hydroxylation is 2. The molecule has 0 aromatic carbocycles. The molecule has 0 aliphatic rings. The molecule has 0 radical (unpaired) electrons. The Morgan fingerprint density at radius 3 is 2.60 bits per heavy atom. The second kappa shape index (κ2) is 8.06. The lowest BCUT2D eigenvalue weighted by Crippen LogP contribution is -2.44. The lowest BCUT2D eigenvalue weighted by molar-refractivity contribution is -0.123. The van der Waals surface area contributed by atoms with E-state index >= 15 is 0 Å². The van der Waals surface area contributed by atoms with E-state index < -0.39 is 0 Å². The van der Waals surface area contributed by atoms with Gasteiger partial charge in [0.15, 0.2) is 5.82 Å². The summed E-state index contributed by atoms with van der Waals surface area (Å²) in [5.74, 6) is 0.248. The third-order valence-corrected chi connectivity index (χ3v) is 4.25. The molecule has 0 saturated carbocycles. The first kappa shape index (κ1) is 18.9. The first-order valence-corrected chi connectivity index (χ1v) is 8.37. The van der Waals surface area contributed by atoms with Crippen LogP contribution >= 0.6 is 0 Å². The minimum atomic E-state index is -0.371. The van der Waals surface area contributed by atoms with Crippen LogP contribution in [0.15, 0.2) is 23.0 Å². The van der Waals surface area contributed by atoms with Crippen molar-refractivity contribution in [1.82, 2.24) is 24.9 Å². The molecule has 8 heteroatoms. The molecule has 0 aliphatic heterocycles. The van der Waals surface area contributed by atoms with Crippen LogP contribution < -0.4 is 10.9 Å². The van der Waals surface area contributed by atoms with Gasteiger partial charge in [-0.3, -0.25) is 9.59 Å². The highest BCUT2D eigenvalue weighted by Crippen LogP contribution is 2.08. The van der Waals surface area contributed by atoms with E-state index in [4.69, 9.17) is 0 Å². The molecule has 2 heterocycles. The van der Waals surface area contributed by atoms with Gasteiger partial charge in [-0.25, -0.2) is 9.36 Å². The maximum Gasteiger partial charge on any atom is 0.267 e. The van der Waals surface area contributed by atoms with E-state index in [0.29, 0.717) is 5.82 Å². The SMILES string of the molecule is CC[C@@H](C)[C@@H](CO)NC(=O)Cn1nc(-n2nc(C)cc2C)ccc1=O. The molecule has 0 aliphatic carbocycles. The lowest BCUT2D eigenvalue weighted by Gasteiger charge is -2.22. The van der Waals surface area contributed by atoms with Crippen molar-refractivity contribution in [2.45, 2.75) is 46.7 Å². The molecule has 2 aromatic heterocycles. The summed E-state index contributed by atoms with van der Waals surface area (Å²) in [6, 6.07) is 4.50. The minimum absolute atomic E-state index is 0.139. The summed E-state index contributed by atoms with van der Waals surface area (Å²) in [6.07, 6.45) is 0.830. The molecule has 2 atom stereocenters. The summed E-state index contributed by atoms with van der Waals surface area (Å²) in [5, 5.41) is 20.7. The molecule has 2 rings (SSSR count). The van der Waals surface area contributed by atoms with Gasteiger partial charge in [0.05, 0.1) is 18.3 Å². The molecule has 1 amide bonds. The van der Waals surface area contributed by atoms with Crippen LogP contribution in [0.2, 0.25) is 0 Å². The molecule has 0 spiro atoms. The maximum atomic E-state index is 12.2. The van der Waals surface area contributed by atoms with Crippen LogP contribution in [0.25, 0.3) is 5.82 Å². The van der Waals surface area contributed by atoms with E-state index in [1.165, 1.54) is 6.07 Å². The maximum absolute atomic E-state index is 12.2. The fourth-order valence-electron chi connectivity index (χ4n) is 2.57. The average Bonchev–Trinajstić information content (AvgIpc) is 2.92. The summed E-state index contributed by atoms with van der Waals surface area (Å²) in [5.41, 5.74) is 1.36. The number of hydrogen-bond donors (Lipinski definition) is 2. The monoisotopic (exact) mass is 347 g/mol. The normalized spacial score (nSPS) is 13.5. The number of amides is 1. The van der Waals surface area contributed by atoms with Crippen molar-refractivity contribution in [3.05, 3.63) is 39.9 Å². The Bertz CT molecular complexity index is 796. The number of aliphatic hydroxyl groups excluding tert-OH is 1. The van der Waals surface area contributed by atoms with Gasteiger partial charge in [0.1, 0.15) is 6.54 Å². The van der Waals surface area contributed by atoms with Crippen LogP contribution in [0, 0.1) is 19.8 Å². The largest absolute Gasteiger partial charge is 0.394 e. The molecule has 2 aromatic rings. The number of aromatic nitrogens is 4. The first-order valence-electron chi connectivity index (χ1n) is 8.37. The van der Waals surface area contributed by atoms with Gasteiger partial charge in [-0.15, -0.1) is 5.10 Å². The predicted molar refractivity (Wildman–Crippen MR) is 93.6 cm³/mol. The highest BCUT2D eigenvalue weighted by molar-refractivity contribution is 5.76. The number of nitrogens with one attached hydrogen (secondary N) is 1. The molecule has 25 heavy (non-hydrogen) atoms. The van der Waals surface area contributed by atoms with Crippen LogP contribution in [0.4, 0.5) is 0 Å². The van der Waals surface area contributed by atoms with Crippen molar-refractivity contribution in [2.24, 2.45) is 5.92 Å². The Morgan fingerprint density at radius 1 is 1.32 bits per heavy atom. The van der Waals surface area contributed by atoms with E-state index in [9.17, 15) is 14.7 Å². The number of carbonyl (C=O) groups is 1. The van der Waals surface area contributed by atoms with E-state index in [1.54, 1.807) is 10.7 Å². The smallest absolute Gasteiger partial charge is 0.267 e. The summed E-state index contributed by atoms with van der Waals surface area (Å²) >= 11 is 0. The van der Waals surface area contributed by atoms with Crippen LogP contribution in [-0.4, -0.2) is 43.2 Å². The number of nitrogens with zero attached hydrogens (tertiary/aromatic N) is 4. The predicted octanol–water partition coefficient (Wildman–Crippen LogP) is 0.569.